The Morgan fingerprint density at radius 1 is 0.852 bits per heavy atom. The minimum Gasteiger partial charge on any atom is -0.207 e. The maximum absolute atomic E-state index is 13.2. The molecular weight excluding hydrogens is 331 g/mol. The van der Waals surface area contributed by atoms with Crippen LogP contribution in [-0.4, -0.2) is 0 Å². The van der Waals surface area contributed by atoms with Gasteiger partial charge in [-0.05, 0) is 97.1 Å². The van der Waals surface area contributed by atoms with Gasteiger partial charge in [0.15, 0.2) is 0 Å². The van der Waals surface area contributed by atoms with Crippen molar-refractivity contribution in [3.63, 3.8) is 0 Å². The maximum atomic E-state index is 13.2. The molecule has 0 N–H and O–H groups in total. The lowest BCUT2D eigenvalue weighted by Gasteiger charge is -2.36. The summed E-state index contributed by atoms with van der Waals surface area (Å²) in [5.74, 6) is 2.57. The molecule has 142 valence electrons. The number of fused-ring (bicyclic) bond motifs is 1. The van der Waals surface area contributed by atoms with Crippen LogP contribution in [0.15, 0.2) is 55.1 Å². The van der Waals surface area contributed by atoms with Crippen molar-refractivity contribution >= 4 is 0 Å². The lowest BCUT2D eigenvalue weighted by Crippen LogP contribution is -2.26. The normalized spacial score (nSPS) is 25.0. The molecule has 0 aliphatic heterocycles. The van der Waals surface area contributed by atoms with E-state index in [0.717, 1.165) is 23.3 Å². The SMILES string of the molecule is C=CCCC1CCC(C2CCc3cc(-c4ccc(F)cc4)ccc3C2)CC1. The van der Waals surface area contributed by atoms with E-state index in [1.165, 1.54) is 68.9 Å². The number of aryl methyl sites for hydroxylation is 1. The van der Waals surface area contributed by atoms with Crippen LogP contribution >= 0.6 is 0 Å². The molecule has 27 heavy (non-hydrogen) atoms. The molecule has 1 fully saturated rings. The number of rotatable bonds is 5. The monoisotopic (exact) mass is 362 g/mol. The van der Waals surface area contributed by atoms with Gasteiger partial charge in [-0.2, -0.15) is 0 Å². The van der Waals surface area contributed by atoms with Crippen molar-refractivity contribution in [3.8, 4) is 11.1 Å². The molecule has 0 aromatic heterocycles. The summed E-state index contributed by atoms with van der Waals surface area (Å²) in [7, 11) is 0. The van der Waals surface area contributed by atoms with Gasteiger partial charge in [0.2, 0.25) is 0 Å². The second-order valence-electron chi connectivity index (χ2n) is 8.64. The highest BCUT2D eigenvalue weighted by atomic mass is 19.1. The van der Waals surface area contributed by atoms with Crippen LogP contribution < -0.4 is 0 Å². The van der Waals surface area contributed by atoms with Gasteiger partial charge in [0.25, 0.3) is 0 Å². The predicted octanol–water partition coefficient (Wildman–Crippen LogP) is 7.37. The highest BCUT2D eigenvalue weighted by molar-refractivity contribution is 5.65. The van der Waals surface area contributed by atoms with E-state index in [2.05, 4.69) is 30.9 Å². The van der Waals surface area contributed by atoms with Crippen molar-refractivity contribution in [1.29, 1.82) is 0 Å². The summed E-state index contributed by atoms with van der Waals surface area (Å²) in [4.78, 5) is 0. The Balaban J connectivity index is 1.39. The van der Waals surface area contributed by atoms with Crippen molar-refractivity contribution in [2.24, 2.45) is 17.8 Å². The van der Waals surface area contributed by atoms with Crippen molar-refractivity contribution in [2.75, 3.05) is 0 Å². The molecular formula is C26H31F. The average Bonchev–Trinajstić information content (AvgIpc) is 2.72. The molecule has 4 rings (SSSR count). The van der Waals surface area contributed by atoms with Crippen molar-refractivity contribution < 1.29 is 4.39 Å². The molecule has 2 aromatic carbocycles. The first-order valence-corrected chi connectivity index (χ1v) is 10.7. The molecule has 0 spiro atoms. The Bertz CT molecular complexity index is 765. The van der Waals surface area contributed by atoms with Gasteiger partial charge in [-0.1, -0.05) is 49.2 Å². The molecule has 1 atom stereocenters. The molecule has 0 amide bonds. The average molecular weight is 363 g/mol. The van der Waals surface area contributed by atoms with Crippen LogP contribution in [0.1, 0.15) is 56.1 Å². The summed E-state index contributed by atoms with van der Waals surface area (Å²) in [5.41, 5.74) is 5.38. The van der Waals surface area contributed by atoms with Gasteiger partial charge in [0, 0.05) is 0 Å². The van der Waals surface area contributed by atoms with Crippen LogP contribution in [-0.2, 0) is 12.8 Å². The van der Waals surface area contributed by atoms with E-state index >= 15 is 0 Å². The van der Waals surface area contributed by atoms with Crippen LogP contribution in [0.25, 0.3) is 11.1 Å². The summed E-state index contributed by atoms with van der Waals surface area (Å²) in [6, 6.07) is 13.8. The van der Waals surface area contributed by atoms with E-state index in [1.54, 1.807) is 17.7 Å². The van der Waals surface area contributed by atoms with Gasteiger partial charge >= 0.3 is 0 Å². The zero-order chi connectivity index (χ0) is 18.6. The predicted molar refractivity (Wildman–Crippen MR) is 112 cm³/mol. The van der Waals surface area contributed by atoms with Crippen LogP contribution in [0.2, 0.25) is 0 Å². The minimum atomic E-state index is -0.168. The number of benzene rings is 2. The Morgan fingerprint density at radius 2 is 1.59 bits per heavy atom. The van der Waals surface area contributed by atoms with Gasteiger partial charge in [-0.25, -0.2) is 4.39 Å². The number of hydrogen-bond donors (Lipinski definition) is 0. The lowest BCUT2D eigenvalue weighted by molar-refractivity contribution is 0.185. The molecule has 2 aliphatic carbocycles. The highest BCUT2D eigenvalue weighted by Gasteiger charge is 2.30. The summed E-state index contributed by atoms with van der Waals surface area (Å²) in [5, 5.41) is 0. The summed E-state index contributed by atoms with van der Waals surface area (Å²) >= 11 is 0. The highest BCUT2D eigenvalue weighted by Crippen LogP contribution is 2.41. The first-order chi connectivity index (χ1) is 13.2. The van der Waals surface area contributed by atoms with E-state index in [-0.39, 0.29) is 5.82 Å². The smallest absolute Gasteiger partial charge is 0.123 e. The first-order valence-electron chi connectivity index (χ1n) is 10.7. The first kappa shape index (κ1) is 18.5. The minimum absolute atomic E-state index is 0.168. The van der Waals surface area contributed by atoms with Gasteiger partial charge in [0.05, 0.1) is 0 Å². The van der Waals surface area contributed by atoms with Crippen LogP contribution in [0, 0.1) is 23.6 Å². The molecule has 1 unspecified atom stereocenters. The molecule has 0 radical (unpaired) electrons. The number of hydrogen-bond acceptors (Lipinski definition) is 0. The standard InChI is InChI=1S/C26H31F/c1-2-3-4-19-5-7-20(8-6-19)22-9-11-25-18-23(10-12-24(25)17-22)21-13-15-26(27)16-14-21/h2,10,12-16,18-20,22H,1,3-9,11,17H2. The molecule has 0 bridgehead atoms. The summed E-state index contributed by atoms with van der Waals surface area (Å²) < 4.78 is 13.2. The quantitative estimate of drug-likeness (QED) is 0.487. The van der Waals surface area contributed by atoms with Crippen molar-refractivity contribution in [3.05, 3.63) is 72.1 Å². The van der Waals surface area contributed by atoms with E-state index < -0.39 is 0 Å². The second kappa shape index (κ2) is 8.42. The fourth-order valence-corrected chi connectivity index (χ4v) is 5.31. The molecule has 2 aromatic rings. The van der Waals surface area contributed by atoms with Gasteiger partial charge in [-0.3, -0.25) is 0 Å². The largest absolute Gasteiger partial charge is 0.207 e. The fraction of sp³-hybridized carbons (Fsp3) is 0.462. The third-order valence-electron chi connectivity index (χ3n) is 6.99. The number of allylic oxidation sites excluding steroid dienone is 1. The van der Waals surface area contributed by atoms with Gasteiger partial charge in [-0.15, -0.1) is 6.58 Å². The Labute approximate surface area is 163 Å². The van der Waals surface area contributed by atoms with Crippen LogP contribution in [0.4, 0.5) is 4.39 Å². The van der Waals surface area contributed by atoms with Crippen LogP contribution in [0.3, 0.4) is 0 Å². The van der Waals surface area contributed by atoms with Crippen molar-refractivity contribution in [1.82, 2.24) is 0 Å². The van der Waals surface area contributed by atoms with Gasteiger partial charge in [0.1, 0.15) is 5.82 Å². The molecule has 0 nitrogen and oxygen atoms in total. The molecule has 1 saturated carbocycles. The van der Waals surface area contributed by atoms with E-state index in [9.17, 15) is 4.39 Å². The molecule has 0 heterocycles. The van der Waals surface area contributed by atoms with Crippen molar-refractivity contribution in [2.45, 2.75) is 57.8 Å². The van der Waals surface area contributed by atoms with E-state index in [1.807, 2.05) is 12.1 Å². The van der Waals surface area contributed by atoms with E-state index in [4.69, 9.17) is 0 Å². The Hall–Kier alpha value is -1.89. The number of halogens is 1. The molecule has 0 saturated heterocycles. The topological polar surface area (TPSA) is 0 Å². The van der Waals surface area contributed by atoms with Gasteiger partial charge < -0.3 is 0 Å². The fourth-order valence-electron chi connectivity index (χ4n) is 5.31. The third-order valence-corrected chi connectivity index (χ3v) is 6.99. The zero-order valence-corrected chi connectivity index (χ0v) is 16.3. The summed E-state index contributed by atoms with van der Waals surface area (Å²) in [6.07, 6.45) is 14.1. The maximum Gasteiger partial charge on any atom is 0.123 e. The third kappa shape index (κ3) is 4.34. The second-order valence-corrected chi connectivity index (χ2v) is 8.64. The zero-order valence-electron chi connectivity index (χ0n) is 16.3. The molecule has 1 heteroatoms. The summed E-state index contributed by atoms with van der Waals surface area (Å²) in [6.45, 7) is 3.87. The van der Waals surface area contributed by atoms with E-state index in [0.29, 0.717) is 0 Å². The molecule has 2 aliphatic rings. The van der Waals surface area contributed by atoms with Crippen LogP contribution in [0.5, 0.6) is 0 Å². The Kier molecular flexibility index (Phi) is 5.76. The Morgan fingerprint density at radius 3 is 2.33 bits per heavy atom. The lowest BCUT2D eigenvalue weighted by atomic mass is 9.69.